The molecule has 0 atom stereocenters. The summed E-state index contributed by atoms with van der Waals surface area (Å²) in [7, 11) is 0. The minimum Gasteiger partial charge on any atom is -1.00 e. The molecule has 0 spiro atoms. The van der Waals surface area contributed by atoms with Gasteiger partial charge in [-0.05, 0) is 36.4 Å². The number of hydrogen-bond donors (Lipinski definition) is 0. The summed E-state index contributed by atoms with van der Waals surface area (Å²) in [5.74, 6) is 0. The molecule has 11 heteroatoms. The molecule has 0 bridgehead atoms. The van der Waals surface area contributed by atoms with Crippen LogP contribution in [-0.4, -0.2) is 29.9 Å². The third kappa shape index (κ3) is 8.44. The van der Waals surface area contributed by atoms with Crippen molar-refractivity contribution in [3.8, 4) is 0 Å². The van der Waals surface area contributed by atoms with E-state index in [4.69, 9.17) is 0 Å². The van der Waals surface area contributed by atoms with Gasteiger partial charge >= 0.3 is 19.5 Å². The van der Waals surface area contributed by atoms with E-state index in [0.717, 1.165) is 65.4 Å². The van der Waals surface area contributed by atoms with Crippen molar-refractivity contribution in [2.24, 2.45) is 0 Å². The van der Waals surface area contributed by atoms with Crippen molar-refractivity contribution < 1.29 is 69.1 Å². The van der Waals surface area contributed by atoms with Crippen LogP contribution in [0, 0.1) is 0 Å². The van der Waals surface area contributed by atoms with Crippen molar-refractivity contribution in [2.45, 2.75) is 0 Å². The summed E-state index contributed by atoms with van der Waals surface area (Å²) in [5.41, 5.74) is 5.86. The summed E-state index contributed by atoms with van der Waals surface area (Å²) in [5, 5.41) is 6.83. The van der Waals surface area contributed by atoms with Crippen molar-refractivity contribution in [1.29, 1.82) is 0 Å². The number of benzene rings is 3. The molecule has 0 N–H and O–H groups in total. The predicted octanol–water partition coefficient (Wildman–Crippen LogP) is -3.64. The number of hydrogen-bond acceptors (Lipinski definition) is 6. The van der Waals surface area contributed by atoms with E-state index in [9.17, 15) is 0 Å². The Morgan fingerprint density at radius 1 is 0.234 bits per heavy atom. The number of rotatable bonds is 0. The second kappa shape index (κ2) is 18.3. The zero-order chi connectivity index (χ0) is 28.1. The minimum atomic E-state index is 0. The summed E-state index contributed by atoms with van der Waals surface area (Å²) in [6.07, 6.45) is 10.8. The van der Waals surface area contributed by atoms with E-state index in [1.54, 1.807) is 37.2 Å². The van der Waals surface area contributed by atoms with Crippen molar-refractivity contribution in [3.05, 3.63) is 146 Å². The standard InChI is InChI=1S/3C12H8N2.4ClH.Ru/c3*1-3-9-5-6-10-4-2-8-14-12(10)11(9)13-7-1;;;;;/h3*1-8H;4*1H;/q;;;;;;;+4/p-4. The van der Waals surface area contributed by atoms with Gasteiger partial charge in [-0.1, -0.05) is 72.8 Å². The van der Waals surface area contributed by atoms with Gasteiger partial charge in [-0.25, -0.2) is 0 Å². The molecule has 0 saturated heterocycles. The fraction of sp³-hybridized carbons (Fsp3) is 0. The molecule has 0 amide bonds. The van der Waals surface area contributed by atoms with Crippen LogP contribution >= 0.6 is 0 Å². The first-order valence-corrected chi connectivity index (χ1v) is 13.6. The first-order valence-electron chi connectivity index (χ1n) is 13.6. The van der Waals surface area contributed by atoms with Gasteiger partial charge in [-0.2, -0.15) is 0 Å². The van der Waals surface area contributed by atoms with Gasteiger partial charge in [0.05, 0.1) is 33.1 Å². The van der Waals surface area contributed by atoms with Gasteiger partial charge in [0.25, 0.3) is 0 Å². The molecule has 0 fully saturated rings. The van der Waals surface area contributed by atoms with Crippen LogP contribution in [0.15, 0.2) is 146 Å². The molecule has 6 heterocycles. The SMILES string of the molecule is [Cl-].[Cl-].[Cl-].[Cl-].[Ru+4].c1cnc2c(c1)ccc1cccnc12.c1cnc2c(c1)ccc1cccnc12.c1cnc2c(c1)ccc1cccnc12. The summed E-state index contributed by atoms with van der Waals surface area (Å²) in [6, 6.07) is 36.4. The average molecular weight is 784 g/mol. The molecule has 0 radical (unpaired) electrons. The zero-order valence-electron chi connectivity index (χ0n) is 24.4. The molecule has 0 saturated carbocycles. The molecule has 234 valence electrons. The third-order valence-corrected chi connectivity index (χ3v) is 7.03. The molecule has 9 rings (SSSR count). The van der Waals surface area contributed by atoms with Gasteiger partial charge in [-0.3, -0.25) is 29.9 Å². The molecule has 47 heavy (non-hydrogen) atoms. The number of halogens is 4. The Bertz CT molecular complexity index is 1930. The Morgan fingerprint density at radius 2 is 0.383 bits per heavy atom. The molecule has 9 aromatic rings. The number of aromatic nitrogens is 6. The zero-order valence-corrected chi connectivity index (χ0v) is 29.2. The van der Waals surface area contributed by atoms with E-state index in [1.165, 1.54) is 0 Å². The van der Waals surface area contributed by atoms with E-state index >= 15 is 0 Å². The largest absolute Gasteiger partial charge is 4.00 e. The van der Waals surface area contributed by atoms with Gasteiger partial charge in [-0.15, -0.1) is 0 Å². The normalized spacial score (nSPS) is 9.70. The van der Waals surface area contributed by atoms with Crippen molar-refractivity contribution >= 4 is 65.4 Å². The number of fused-ring (bicyclic) bond motifs is 9. The number of nitrogens with zero attached hydrogens (tertiary/aromatic N) is 6. The van der Waals surface area contributed by atoms with Crippen LogP contribution in [0.3, 0.4) is 0 Å². The van der Waals surface area contributed by atoms with Gasteiger partial charge in [0.15, 0.2) is 0 Å². The Kier molecular flexibility index (Phi) is 15.2. The Morgan fingerprint density at radius 3 is 0.532 bits per heavy atom. The molecule has 0 aliphatic rings. The van der Waals surface area contributed by atoms with Gasteiger partial charge in [0.2, 0.25) is 0 Å². The van der Waals surface area contributed by atoms with E-state index in [-0.39, 0.29) is 69.1 Å². The Hall–Kier alpha value is -4.10. The van der Waals surface area contributed by atoms with Crippen LogP contribution in [0.5, 0.6) is 0 Å². The van der Waals surface area contributed by atoms with Crippen LogP contribution in [0.1, 0.15) is 0 Å². The summed E-state index contributed by atoms with van der Waals surface area (Å²) in [4.78, 5) is 26.1. The summed E-state index contributed by atoms with van der Waals surface area (Å²) in [6.45, 7) is 0. The van der Waals surface area contributed by atoms with E-state index in [2.05, 4.69) is 103 Å². The number of pyridine rings is 6. The van der Waals surface area contributed by atoms with E-state index < -0.39 is 0 Å². The molecule has 0 aliphatic heterocycles. The third-order valence-electron chi connectivity index (χ3n) is 7.03. The van der Waals surface area contributed by atoms with Crippen LogP contribution in [0.2, 0.25) is 0 Å². The van der Waals surface area contributed by atoms with Gasteiger partial charge in [0.1, 0.15) is 0 Å². The van der Waals surface area contributed by atoms with Gasteiger partial charge in [0, 0.05) is 69.5 Å². The maximum absolute atomic E-state index is 4.35. The smallest absolute Gasteiger partial charge is 1.00 e. The fourth-order valence-corrected chi connectivity index (χ4v) is 5.04. The van der Waals surface area contributed by atoms with E-state index in [0.29, 0.717) is 0 Å². The topological polar surface area (TPSA) is 77.3 Å². The van der Waals surface area contributed by atoms with Crippen LogP contribution in [-0.2, 0) is 19.5 Å². The van der Waals surface area contributed by atoms with Crippen molar-refractivity contribution in [3.63, 3.8) is 0 Å². The van der Waals surface area contributed by atoms with Crippen molar-refractivity contribution in [2.75, 3.05) is 0 Å². The molecular weight excluding hydrogens is 759 g/mol. The van der Waals surface area contributed by atoms with Crippen molar-refractivity contribution in [1.82, 2.24) is 29.9 Å². The maximum Gasteiger partial charge on any atom is 4.00 e. The molecule has 3 aromatic carbocycles. The Labute approximate surface area is 308 Å². The fourth-order valence-electron chi connectivity index (χ4n) is 5.04. The molecule has 0 unspecified atom stereocenters. The van der Waals surface area contributed by atoms with Gasteiger partial charge < -0.3 is 49.6 Å². The molecule has 0 aliphatic carbocycles. The van der Waals surface area contributed by atoms with Crippen LogP contribution in [0.4, 0.5) is 0 Å². The minimum absolute atomic E-state index is 0. The predicted molar refractivity (Wildman–Crippen MR) is 171 cm³/mol. The quantitative estimate of drug-likeness (QED) is 0.117. The summed E-state index contributed by atoms with van der Waals surface area (Å²) < 4.78 is 0. The first kappa shape index (κ1) is 39.1. The monoisotopic (exact) mass is 782 g/mol. The maximum atomic E-state index is 4.35. The first-order chi connectivity index (χ1) is 20.8. The molecule has 6 nitrogen and oxygen atoms in total. The second-order valence-corrected chi connectivity index (χ2v) is 9.65. The molecule has 6 aromatic heterocycles. The van der Waals surface area contributed by atoms with E-state index in [1.807, 2.05) is 36.4 Å². The second-order valence-electron chi connectivity index (χ2n) is 9.65. The molecular formula is C36H24Cl4N6Ru. The summed E-state index contributed by atoms with van der Waals surface area (Å²) >= 11 is 0. The van der Waals surface area contributed by atoms with Crippen LogP contribution in [0.25, 0.3) is 65.4 Å². The average Bonchev–Trinajstić information content (AvgIpc) is 3.09. The Balaban J connectivity index is 0.000000233. The van der Waals surface area contributed by atoms with Crippen LogP contribution < -0.4 is 49.6 Å².